The van der Waals surface area contributed by atoms with Crippen molar-refractivity contribution in [2.45, 2.75) is 32.1 Å². The first kappa shape index (κ1) is 25.9. The summed E-state index contributed by atoms with van der Waals surface area (Å²) in [5.74, 6) is 2.51. The van der Waals surface area contributed by atoms with E-state index in [-0.39, 0.29) is 17.8 Å². The SMILES string of the molecule is COc1ccc2ncc(F)c(CCCC3(CO)CCN(CC#Cc4c(F)cc(F)cc4F)CC3)c2c1. The minimum atomic E-state index is -1.02. The van der Waals surface area contributed by atoms with Crippen molar-refractivity contribution < 1.29 is 27.4 Å². The molecule has 1 fully saturated rings. The largest absolute Gasteiger partial charge is 0.497 e. The summed E-state index contributed by atoms with van der Waals surface area (Å²) >= 11 is 0. The zero-order valence-corrected chi connectivity index (χ0v) is 20.1. The second-order valence-corrected chi connectivity index (χ2v) is 9.30. The quantitative estimate of drug-likeness (QED) is 0.356. The topological polar surface area (TPSA) is 45.6 Å². The van der Waals surface area contributed by atoms with Crippen molar-refractivity contribution in [2.24, 2.45) is 5.41 Å². The average Bonchev–Trinajstić information content (AvgIpc) is 2.87. The van der Waals surface area contributed by atoms with Crippen LogP contribution < -0.4 is 4.74 Å². The molecule has 0 spiro atoms. The fraction of sp³-hybridized carbons (Fsp3) is 0.393. The molecule has 0 atom stereocenters. The van der Waals surface area contributed by atoms with Crippen LogP contribution in [0.4, 0.5) is 17.6 Å². The smallest absolute Gasteiger partial charge is 0.145 e. The van der Waals surface area contributed by atoms with Crippen LogP contribution in [0.1, 0.15) is 36.8 Å². The Morgan fingerprint density at radius 2 is 1.78 bits per heavy atom. The number of fused-ring (bicyclic) bond motifs is 1. The molecule has 1 N–H and O–H groups in total. The summed E-state index contributed by atoms with van der Waals surface area (Å²) in [5, 5.41) is 10.9. The molecule has 3 aromatic rings. The van der Waals surface area contributed by atoms with E-state index in [0.29, 0.717) is 61.4 Å². The van der Waals surface area contributed by atoms with Crippen molar-refractivity contribution in [3.05, 3.63) is 70.9 Å². The summed E-state index contributed by atoms with van der Waals surface area (Å²) in [7, 11) is 1.57. The number of aliphatic hydroxyl groups is 1. The van der Waals surface area contributed by atoms with Gasteiger partial charge in [0.05, 0.1) is 30.9 Å². The summed E-state index contributed by atoms with van der Waals surface area (Å²) in [6, 6.07) is 6.62. The van der Waals surface area contributed by atoms with Gasteiger partial charge in [-0.05, 0) is 74.4 Å². The third-order valence-corrected chi connectivity index (χ3v) is 7.04. The number of nitrogens with zero attached hydrogens (tertiary/aromatic N) is 2. The molecule has 0 aliphatic carbocycles. The van der Waals surface area contributed by atoms with Gasteiger partial charge in [0, 0.05) is 24.1 Å². The average molecular weight is 501 g/mol. The highest BCUT2D eigenvalue weighted by atomic mass is 19.1. The molecule has 1 aromatic heterocycles. The van der Waals surface area contributed by atoms with Crippen LogP contribution in [-0.4, -0.2) is 48.3 Å². The molecule has 0 radical (unpaired) electrons. The van der Waals surface area contributed by atoms with Crippen molar-refractivity contribution in [2.75, 3.05) is 33.4 Å². The van der Waals surface area contributed by atoms with Crippen molar-refractivity contribution >= 4 is 10.9 Å². The molecule has 1 aliphatic heterocycles. The summed E-state index contributed by atoms with van der Waals surface area (Å²) in [5.41, 5.74) is 0.598. The Labute approximate surface area is 207 Å². The Hall–Kier alpha value is -3.15. The lowest BCUT2D eigenvalue weighted by Gasteiger charge is -2.40. The third-order valence-electron chi connectivity index (χ3n) is 7.04. The third kappa shape index (κ3) is 5.80. The predicted molar refractivity (Wildman–Crippen MR) is 130 cm³/mol. The molecule has 4 rings (SSSR count). The number of aliphatic hydroxyl groups excluding tert-OH is 1. The van der Waals surface area contributed by atoms with Crippen LogP contribution in [0, 0.1) is 40.5 Å². The number of ether oxygens (including phenoxy) is 1. The number of hydrogen-bond acceptors (Lipinski definition) is 4. The predicted octanol–water partition coefficient (Wildman–Crippen LogP) is 5.25. The molecule has 8 heteroatoms. The minimum absolute atomic E-state index is 0.0336. The number of piperidine rings is 1. The Morgan fingerprint density at radius 3 is 2.44 bits per heavy atom. The molecule has 0 unspecified atom stereocenters. The first-order chi connectivity index (χ1) is 17.3. The molecule has 0 amide bonds. The van der Waals surface area contributed by atoms with Gasteiger partial charge in [0.1, 0.15) is 29.0 Å². The zero-order chi connectivity index (χ0) is 25.7. The van der Waals surface area contributed by atoms with E-state index in [4.69, 9.17) is 4.74 Å². The Morgan fingerprint density at radius 1 is 1.06 bits per heavy atom. The molecular formula is C28H28F4N2O2. The van der Waals surface area contributed by atoms with Gasteiger partial charge in [-0.15, -0.1) is 0 Å². The second-order valence-electron chi connectivity index (χ2n) is 9.30. The van der Waals surface area contributed by atoms with Gasteiger partial charge in [0.15, 0.2) is 0 Å². The number of hydrogen-bond donors (Lipinski definition) is 1. The monoisotopic (exact) mass is 500 g/mol. The van der Waals surface area contributed by atoms with Crippen LogP contribution >= 0.6 is 0 Å². The molecule has 0 saturated carbocycles. The van der Waals surface area contributed by atoms with Crippen LogP contribution in [0.5, 0.6) is 5.75 Å². The number of aromatic nitrogens is 1. The lowest BCUT2D eigenvalue weighted by Crippen LogP contribution is -2.42. The van der Waals surface area contributed by atoms with E-state index in [1.807, 2.05) is 6.07 Å². The molecule has 4 nitrogen and oxygen atoms in total. The van der Waals surface area contributed by atoms with E-state index >= 15 is 0 Å². The lowest BCUT2D eigenvalue weighted by atomic mass is 9.75. The van der Waals surface area contributed by atoms with E-state index in [1.54, 1.807) is 19.2 Å². The molecule has 1 aliphatic rings. The van der Waals surface area contributed by atoms with Gasteiger partial charge in [-0.25, -0.2) is 17.6 Å². The van der Waals surface area contributed by atoms with Crippen molar-refractivity contribution in [3.8, 4) is 17.6 Å². The zero-order valence-electron chi connectivity index (χ0n) is 20.1. The van der Waals surface area contributed by atoms with Gasteiger partial charge < -0.3 is 9.84 Å². The van der Waals surface area contributed by atoms with E-state index in [0.717, 1.165) is 24.6 Å². The number of aryl methyl sites for hydroxylation is 1. The fourth-order valence-electron chi connectivity index (χ4n) is 4.80. The van der Waals surface area contributed by atoms with Gasteiger partial charge >= 0.3 is 0 Å². The normalized spacial score (nSPS) is 15.5. The highest BCUT2D eigenvalue weighted by Gasteiger charge is 2.33. The second kappa shape index (κ2) is 11.3. The molecule has 2 heterocycles. The first-order valence-corrected chi connectivity index (χ1v) is 11.9. The number of rotatable bonds is 7. The van der Waals surface area contributed by atoms with Crippen LogP contribution in [0.2, 0.25) is 0 Å². The molecular weight excluding hydrogens is 472 g/mol. The number of halogens is 4. The molecule has 36 heavy (non-hydrogen) atoms. The lowest BCUT2D eigenvalue weighted by molar-refractivity contribution is 0.0401. The van der Waals surface area contributed by atoms with Crippen LogP contribution in [0.15, 0.2) is 36.5 Å². The van der Waals surface area contributed by atoms with Crippen molar-refractivity contribution in [1.82, 2.24) is 9.88 Å². The van der Waals surface area contributed by atoms with Gasteiger partial charge in [0.25, 0.3) is 0 Å². The summed E-state index contributed by atoms with van der Waals surface area (Å²) in [6.07, 6.45) is 4.67. The maximum absolute atomic E-state index is 14.6. The number of likely N-dealkylation sites (tertiary alicyclic amines) is 1. The molecule has 1 saturated heterocycles. The summed E-state index contributed by atoms with van der Waals surface area (Å²) in [4.78, 5) is 6.22. The number of pyridine rings is 1. The Balaban J connectivity index is 1.35. The number of benzene rings is 2. The van der Waals surface area contributed by atoms with Gasteiger partial charge in [0.2, 0.25) is 0 Å². The van der Waals surface area contributed by atoms with Crippen LogP contribution in [-0.2, 0) is 6.42 Å². The van der Waals surface area contributed by atoms with Gasteiger partial charge in [-0.3, -0.25) is 9.88 Å². The van der Waals surface area contributed by atoms with Crippen molar-refractivity contribution in [1.29, 1.82) is 0 Å². The summed E-state index contributed by atoms with van der Waals surface area (Å²) in [6.45, 7) is 1.69. The van der Waals surface area contributed by atoms with E-state index in [2.05, 4.69) is 21.7 Å². The Kier molecular flexibility index (Phi) is 8.12. The van der Waals surface area contributed by atoms with E-state index < -0.39 is 23.0 Å². The fourth-order valence-corrected chi connectivity index (χ4v) is 4.80. The van der Waals surface area contributed by atoms with E-state index in [9.17, 15) is 22.7 Å². The van der Waals surface area contributed by atoms with E-state index in [1.165, 1.54) is 6.20 Å². The standard InChI is InChI=1S/C28H28F4N2O2/c1-36-20-6-7-27-23(16-20)21(26(32)17-33-27)4-2-8-28(18-35)9-12-34(13-10-28)11-3-5-22-24(30)14-19(29)15-25(22)31/h6-7,14-17,35H,2,4,8-13,18H2,1H3. The maximum atomic E-state index is 14.6. The van der Waals surface area contributed by atoms with Crippen LogP contribution in [0.25, 0.3) is 10.9 Å². The molecule has 2 aromatic carbocycles. The summed E-state index contributed by atoms with van der Waals surface area (Å²) < 4.78 is 60.5. The number of methoxy groups -OCH3 is 1. The highest BCUT2D eigenvalue weighted by molar-refractivity contribution is 5.83. The van der Waals surface area contributed by atoms with Crippen LogP contribution in [0.3, 0.4) is 0 Å². The van der Waals surface area contributed by atoms with Crippen molar-refractivity contribution in [3.63, 3.8) is 0 Å². The minimum Gasteiger partial charge on any atom is -0.497 e. The maximum Gasteiger partial charge on any atom is 0.145 e. The first-order valence-electron chi connectivity index (χ1n) is 11.9. The Bertz CT molecular complexity index is 1270. The molecule has 190 valence electrons. The van der Waals surface area contributed by atoms with Gasteiger partial charge in [-0.2, -0.15) is 0 Å². The highest BCUT2D eigenvalue weighted by Crippen LogP contribution is 2.37. The molecule has 0 bridgehead atoms. The van der Waals surface area contributed by atoms with Gasteiger partial charge in [-0.1, -0.05) is 11.8 Å².